The van der Waals surface area contributed by atoms with Crippen LogP contribution in [0.15, 0.2) is 29.4 Å². The molecule has 7 heteroatoms. The quantitative estimate of drug-likeness (QED) is 0.919. The van der Waals surface area contributed by atoms with Crippen molar-refractivity contribution >= 4 is 15.7 Å². The number of anilines is 1. The van der Waals surface area contributed by atoms with Crippen LogP contribution in [-0.4, -0.2) is 24.5 Å². The second-order valence-electron chi connectivity index (χ2n) is 6.49. The number of nitrogens with zero attached hydrogens (tertiary/aromatic N) is 3. The summed E-state index contributed by atoms with van der Waals surface area (Å²) < 4.78 is 29.8. The van der Waals surface area contributed by atoms with Crippen LogP contribution in [-0.2, 0) is 36.0 Å². The predicted molar refractivity (Wildman–Crippen MR) is 92.4 cm³/mol. The monoisotopic (exact) mass is 346 g/mol. The molecule has 0 amide bonds. The lowest BCUT2D eigenvalue weighted by molar-refractivity contribution is 0.522. The molecule has 3 heterocycles. The van der Waals surface area contributed by atoms with Crippen molar-refractivity contribution in [2.75, 3.05) is 10.8 Å². The van der Waals surface area contributed by atoms with E-state index < -0.39 is 10.0 Å². The number of imidazole rings is 1. The van der Waals surface area contributed by atoms with Crippen molar-refractivity contribution in [1.82, 2.24) is 9.55 Å². The Kier molecular flexibility index (Phi) is 3.85. The van der Waals surface area contributed by atoms with Gasteiger partial charge in [-0.05, 0) is 42.9 Å². The van der Waals surface area contributed by atoms with Gasteiger partial charge in [-0.2, -0.15) is 8.42 Å². The summed E-state index contributed by atoms with van der Waals surface area (Å²) in [5.74, 6) is 0.885. The summed E-state index contributed by atoms with van der Waals surface area (Å²) in [6, 6.07) is 5.81. The topological polar surface area (TPSA) is 81.2 Å². The Hall–Kier alpha value is -1.86. The minimum absolute atomic E-state index is 0.176. The highest BCUT2D eigenvalue weighted by molar-refractivity contribution is 7.92. The van der Waals surface area contributed by atoms with Gasteiger partial charge in [-0.3, -0.25) is 4.31 Å². The molecule has 4 rings (SSSR count). The van der Waals surface area contributed by atoms with Crippen molar-refractivity contribution in [2.24, 2.45) is 5.73 Å². The molecule has 0 radical (unpaired) electrons. The number of nitrogens with two attached hydrogens (primary N) is 1. The fourth-order valence-electron chi connectivity index (χ4n) is 3.62. The van der Waals surface area contributed by atoms with Gasteiger partial charge in [-0.1, -0.05) is 12.1 Å². The molecule has 2 aliphatic rings. The predicted octanol–water partition coefficient (Wildman–Crippen LogP) is 1.82. The fourth-order valence-corrected chi connectivity index (χ4v) is 5.13. The summed E-state index contributed by atoms with van der Waals surface area (Å²) in [5, 5.41) is 0.176. The van der Waals surface area contributed by atoms with Crippen molar-refractivity contribution in [3.05, 3.63) is 41.3 Å². The zero-order chi connectivity index (χ0) is 16.7. The third-order valence-corrected chi connectivity index (χ3v) is 6.58. The molecule has 0 bridgehead atoms. The maximum Gasteiger partial charge on any atom is 0.283 e. The first-order chi connectivity index (χ1) is 11.6. The minimum atomic E-state index is -3.62. The second-order valence-corrected chi connectivity index (χ2v) is 8.30. The summed E-state index contributed by atoms with van der Waals surface area (Å²) >= 11 is 0. The third-order valence-electron chi connectivity index (χ3n) is 4.90. The van der Waals surface area contributed by atoms with E-state index in [0.29, 0.717) is 13.1 Å². The van der Waals surface area contributed by atoms with E-state index in [9.17, 15) is 8.42 Å². The Labute approximate surface area is 142 Å². The minimum Gasteiger partial charge on any atom is -0.333 e. The number of rotatable bonds is 3. The first kappa shape index (κ1) is 15.7. The van der Waals surface area contributed by atoms with Gasteiger partial charge in [0.25, 0.3) is 10.0 Å². The van der Waals surface area contributed by atoms with Crippen LogP contribution in [0.3, 0.4) is 0 Å². The maximum atomic E-state index is 13.1. The van der Waals surface area contributed by atoms with E-state index >= 15 is 0 Å². The summed E-state index contributed by atoms with van der Waals surface area (Å²) in [5.41, 5.74) is 8.56. The molecule has 0 spiro atoms. The fraction of sp³-hybridized carbons (Fsp3) is 0.471. The SMILES string of the molecule is NCc1ccc2c(c1)CCCN2S(=O)(=O)c1cn2c(n1)CCCC2. The van der Waals surface area contributed by atoms with Crippen LogP contribution in [0, 0.1) is 0 Å². The van der Waals surface area contributed by atoms with E-state index in [1.807, 2.05) is 22.8 Å². The highest BCUT2D eigenvalue weighted by Crippen LogP contribution is 2.32. The number of hydrogen-bond donors (Lipinski definition) is 1. The normalized spacial score (nSPS) is 17.5. The summed E-state index contributed by atoms with van der Waals surface area (Å²) in [7, 11) is -3.62. The first-order valence-electron chi connectivity index (χ1n) is 8.50. The molecule has 2 aromatic rings. The van der Waals surface area contributed by atoms with Gasteiger partial charge in [0.05, 0.1) is 5.69 Å². The van der Waals surface area contributed by atoms with Crippen LogP contribution in [0.4, 0.5) is 5.69 Å². The van der Waals surface area contributed by atoms with Crippen molar-refractivity contribution in [3.8, 4) is 0 Å². The molecule has 0 saturated carbocycles. The van der Waals surface area contributed by atoms with Crippen molar-refractivity contribution in [3.63, 3.8) is 0 Å². The van der Waals surface area contributed by atoms with Crippen molar-refractivity contribution in [1.29, 1.82) is 0 Å². The van der Waals surface area contributed by atoms with Crippen LogP contribution >= 0.6 is 0 Å². The Morgan fingerprint density at radius 3 is 2.79 bits per heavy atom. The molecule has 2 N–H and O–H groups in total. The highest BCUT2D eigenvalue weighted by Gasteiger charge is 2.32. The van der Waals surface area contributed by atoms with Gasteiger partial charge in [-0.15, -0.1) is 0 Å². The van der Waals surface area contributed by atoms with Gasteiger partial charge in [0.15, 0.2) is 5.03 Å². The zero-order valence-corrected chi connectivity index (χ0v) is 14.4. The average Bonchev–Trinajstić information content (AvgIpc) is 3.05. The van der Waals surface area contributed by atoms with E-state index in [1.54, 1.807) is 6.20 Å². The molecule has 1 aromatic heterocycles. The van der Waals surface area contributed by atoms with E-state index in [1.165, 1.54) is 4.31 Å². The van der Waals surface area contributed by atoms with Crippen LogP contribution in [0.2, 0.25) is 0 Å². The van der Waals surface area contributed by atoms with E-state index in [2.05, 4.69) is 4.98 Å². The molecule has 0 unspecified atom stereocenters. The van der Waals surface area contributed by atoms with Crippen LogP contribution in [0.1, 0.15) is 36.2 Å². The van der Waals surface area contributed by atoms with Crippen LogP contribution in [0.25, 0.3) is 0 Å². The standard InChI is InChI=1S/C17H22N4O2S/c18-11-13-6-7-15-14(10-13)4-3-9-21(15)24(22,23)17-12-20-8-2-1-5-16(20)19-17/h6-7,10,12H,1-5,8-9,11,18H2. The van der Waals surface area contributed by atoms with Crippen molar-refractivity contribution in [2.45, 2.75) is 50.2 Å². The highest BCUT2D eigenvalue weighted by atomic mass is 32.2. The second kappa shape index (κ2) is 5.89. The van der Waals surface area contributed by atoms with Crippen LogP contribution < -0.4 is 10.0 Å². The molecule has 1 aromatic carbocycles. The molecule has 0 atom stereocenters. The number of sulfonamides is 1. The number of aryl methyl sites for hydroxylation is 3. The average molecular weight is 346 g/mol. The molecule has 2 aliphatic heterocycles. The maximum absolute atomic E-state index is 13.1. The number of benzene rings is 1. The van der Waals surface area contributed by atoms with Gasteiger partial charge < -0.3 is 10.3 Å². The Bertz CT molecular complexity index is 849. The number of aromatic nitrogens is 2. The Balaban J connectivity index is 1.74. The van der Waals surface area contributed by atoms with E-state index in [4.69, 9.17) is 5.73 Å². The number of fused-ring (bicyclic) bond motifs is 2. The Morgan fingerprint density at radius 2 is 2.00 bits per heavy atom. The molecule has 128 valence electrons. The third kappa shape index (κ3) is 2.52. The largest absolute Gasteiger partial charge is 0.333 e. The lowest BCUT2D eigenvalue weighted by Crippen LogP contribution is -2.35. The van der Waals surface area contributed by atoms with Crippen molar-refractivity contribution < 1.29 is 8.42 Å². The van der Waals surface area contributed by atoms with Gasteiger partial charge in [0.2, 0.25) is 0 Å². The Morgan fingerprint density at radius 1 is 1.12 bits per heavy atom. The molecular formula is C17H22N4O2S. The van der Waals surface area contributed by atoms with E-state index in [-0.39, 0.29) is 5.03 Å². The summed E-state index contributed by atoms with van der Waals surface area (Å²) in [6.07, 6.45) is 6.41. The summed E-state index contributed by atoms with van der Waals surface area (Å²) in [4.78, 5) is 4.42. The lowest BCUT2D eigenvalue weighted by atomic mass is 10.0. The molecule has 6 nitrogen and oxygen atoms in total. The first-order valence-corrected chi connectivity index (χ1v) is 9.94. The lowest BCUT2D eigenvalue weighted by Gasteiger charge is -2.30. The molecule has 24 heavy (non-hydrogen) atoms. The number of hydrogen-bond acceptors (Lipinski definition) is 4. The molecular weight excluding hydrogens is 324 g/mol. The zero-order valence-electron chi connectivity index (χ0n) is 13.6. The van der Waals surface area contributed by atoms with Gasteiger partial charge in [-0.25, -0.2) is 4.98 Å². The molecule has 0 fully saturated rings. The summed E-state index contributed by atoms with van der Waals surface area (Å²) in [6.45, 7) is 1.82. The molecule has 0 saturated heterocycles. The smallest absolute Gasteiger partial charge is 0.283 e. The molecule has 0 aliphatic carbocycles. The van der Waals surface area contributed by atoms with E-state index in [0.717, 1.165) is 61.3 Å². The van der Waals surface area contributed by atoms with Gasteiger partial charge in [0, 0.05) is 32.3 Å². The van der Waals surface area contributed by atoms with Gasteiger partial charge in [0.1, 0.15) is 5.82 Å². The van der Waals surface area contributed by atoms with Gasteiger partial charge >= 0.3 is 0 Å². The van der Waals surface area contributed by atoms with Crippen LogP contribution in [0.5, 0.6) is 0 Å².